The SMILES string of the molecule is CC(C)NC(=O)Nc1ccc(NC(=O)c2ccc(Br)s2)cc1. The smallest absolute Gasteiger partial charge is 0.319 e. The molecule has 3 amide bonds. The first-order chi connectivity index (χ1) is 10.4. The first-order valence-electron chi connectivity index (χ1n) is 6.68. The molecule has 0 unspecified atom stereocenters. The Morgan fingerprint density at radius 1 is 1.00 bits per heavy atom. The molecule has 22 heavy (non-hydrogen) atoms. The van der Waals surface area contributed by atoms with Gasteiger partial charge in [0.15, 0.2) is 0 Å². The number of carbonyl (C=O) groups excluding carboxylic acids is 2. The molecule has 0 aliphatic rings. The van der Waals surface area contributed by atoms with Crippen molar-refractivity contribution in [2.24, 2.45) is 0 Å². The van der Waals surface area contributed by atoms with Crippen LogP contribution < -0.4 is 16.0 Å². The van der Waals surface area contributed by atoms with Crippen molar-refractivity contribution in [3.63, 3.8) is 0 Å². The number of anilines is 2. The molecule has 2 aromatic rings. The quantitative estimate of drug-likeness (QED) is 0.738. The van der Waals surface area contributed by atoms with Gasteiger partial charge in [-0.05, 0) is 66.2 Å². The Hall–Kier alpha value is -1.86. The number of thiophene rings is 1. The second-order valence-corrected chi connectivity index (χ2v) is 7.35. The summed E-state index contributed by atoms with van der Waals surface area (Å²) in [7, 11) is 0. The van der Waals surface area contributed by atoms with Crippen molar-refractivity contribution in [2.45, 2.75) is 19.9 Å². The van der Waals surface area contributed by atoms with Gasteiger partial charge < -0.3 is 16.0 Å². The Bertz CT molecular complexity index is 668. The number of urea groups is 1. The fraction of sp³-hybridized carbons (Fsp3) is 0.200. The topological polar surface area (TPSA) is 70.2 Å². The zero-order chi connectivity index (χ0) is 16.1. The van der Waals surface area contributed by atoms with E-state index in [0.717, 1.165) is 3.79 Å². The van der Waals surface area contributed by atoms with Crippen LogP contribution in [0.2, 0.25) is 0 Å². The molecule has 5 nitrogen and oxygen atoms in total. The maximum absolute atomic E-state index is 12.0. The molecule has 2 rings (SSSR count). The lowest BCUT2D eigenvalue weighted by atomic mass is 10.2. The third-order valence-corrected chi connectivity index (χ3v) is 4.24. The molecule has 0 radical (unpaired) electrons. The van der Waals surface area contributed by atoms with Crippen LogP contribution in [0, 0.1) is 0 Å². The second kappa shape index (κ2) is 7.42. The minimum Gasteiger partial charge on any atom is -0.336 e. The molecule has 116 valence electrons. The Morgan fingerprint density at radius 3 is 2.09 bits per heavy atom. The molecule has 1 aromatic carbocycles. The van der Waals surface area contributed by atoms with E-state index >= 15 is 0 Å². The van der Waals surface area contributed by atoms with Crippen LogP contribution >= 0.6 is 27.3 Å². The molecular weight excluding hydrogens is 366 g/mol. The maximum Gasteiger partial charge on any atom is 0.319 e. The highest BCUT2D eigenvalue weighted by molar-refractivity contribution is 9.11. The lowest BCUT2D eigenvalue weighted by molar-refractivity contribution is 0.103. The number of rotatable bonds is 4. The zero-order valence-corrected chi connectivity index (χ0v) is 14.5. The molecule has 0 aliphatic heterocycles. The molecule has 0 aliphatic carbocycles. The minimum absolute atomic E-state index is 0.0729. The fourth-order valence-corrected chi connectivity index (χ4v) is 2.98. The normalized spacial score (nSPS) is 10.4. The summed E-state index contributed by atoms with van der Waals surface area (Å²) in [5, 5.41) is 8.27. The van der Waals surface area contributed by atoms with E-state index in [1.165, 1.54) is 11.3 Å². The number of halogens is 1. The second-order valence-electron chi connectivity index (χ2n) is 4.89. The molecule has 0 fully saturated rings. The highest BCUT2D eigenvalue weighted by atomic mass is 79.9. The summed E-state index contributed by atoms with van der Waals surface area (Å²) >= 11 is 4.70. The predicted molar refractivity (Wildman–Crippen MR) is 93.7 cm³/mol. The van der Waals surface area contributed by atoms with Crippen molar-refractivity contribution < 1.29 is 9.59 Å². The lowest BCUT2D eigenvalue weighted by Gasteiger charge is -2.10. The van der Waals surface area contributed by atoms with Gasteiger partial charge in [0, 0.05) is 17.4 Å². The van der Waals surface area contributed by atoms with E-state index in [1.807, 2.05) is 19.9 Å². The molecule has 0 bridgehead atoms. The highest BCUT2D eigenvalue weighted by Gasteiger charge is 2.09. The molecule has 0 spiro atoms. The summed E-state index contributed by atoms with van der Waals surface area (Å²) in [4.78, 5) is 24.2. The average Bonchev–Trinajstić information content (AvgIpc) is 2.87. The Balaban J connectivity index is 1.94. The van der Waals surface area contributed by atoms with E-state index in [4.69, 9.17) is 0 Å². The third-order valence-electron chi connectivity index (χ3n) is 2.62. The first kappa shape index (κ1) is 16.5. The van der Waals surface area contributed by atoms with Crippen LogP contribution in [0.15, 0.2) is 40.2 Å². The van der Waals surface area contributed by atoms with Crippen LogP contribution in [0.5, 0.6) is 0 Å². The fourth-order valence-electron chi connectivity index (χ4n) is 1.70. The number of benzene rings is 1. The predicted octanol–water partition coefficient (Wildman–Crippen LogP) is 4.29. The van der Waals surface area contributed by atoms with E-state index in [9.17, 15) is 9.59 Å². The van der Waals surface area contributed by atoms with E-state index in [-0.39, 0.29) is 18.0 Å². The van der Waals surface area contributed by atoms with Gasteiger partial charge in [-0.1, -0.05) is 0 Å². The number of hydrogen-bond donors (Lipinski definition) is 3. The number of amides is 3. The van der Waals surface area contributed by atoms with Crippen LogP contribution in [-0.4, -0.2) is 18.0 Å². The summed E-state index contributed by atoms with van der Waals surface area (Å²) in [6.45, 7) is 3.78. The van der Waals surface area contributed by atoms with Gasteiger partial charge >= 0.3 is 6.03 Å². The summed E-state index contributed by atoms with van der Waals surface area (Å²) in [5.41, 5.74) is 1.33. The van der Waals surface area contributed by atoms with Gasteiger partial charge in [-0.2, -0.15) is 0 Å². The van der Waals surface area contributed by atoms with E-state index in [2.05, 4.69) is 31.9 Å². The number of hydrogen-bond acceptors (Lipinski definition) is 3. The Kier molecular flexibility index (Phi) is 5.57. The van der Waals surface area contributed by atoms with Crippen molar-refractivity contribution in [3.05, 3.63) is 45.1 Å². The molecular formula is C15H16BrN3O2S. The van der Waals surface area contributed by atoms with Crippen molar-refractivity contribution >= 4 is 50.6 Å². The van der Waals surface area contributed by atoms with Gasteiger partial charge in [-0.25, -0.2) is 4.79 Å². The van der Waals surface area contributed by atoms with Crippen molar-refractivity contribution in [1.82, 2.24) is 5.32 Å². The van der Waals surface area contributed by atoms with E-state index < -0.39 is 0 Å². The van der Waals surface area contributed by atoms with Crippen molar-refractivity contribution in [3.8, 4) is 0 Å². The summed E-state index contributed by atoms with van der Waals surface area (Å²) < 4.78 is 0.911. The average molecular weight is 382 g/mol. The molecule has 7 heteroatoms. The summed E-state index contributed by atoms with van der Waals surface area (Å²) in [5.74, 6) is -0.158. The summed E-state index contributed by atoms with van der Waals surface area (Å²) in [6, 6.07) is 10.4. The van der Waals surface area contributed by atoms with Gasteiger partial charge in [-0.15, -0.1) is 11.3 Å². The zero-order valence-electron chi connectivity index (χ0n) is 12.1. The van der Waals surface area contributed by atoms with Crippen LogP contribution in [-0.2, 0) is 0 Å². The third kappa shape index (κ3) is 4.85. The largest absolute Gasteiger partial charge is 0.336 e. The van der Waals surface area contributed by atoms with E-state index in [0.29, 0.717) is 16.3 Å². The number of carbonyl (C=O) groups is 2. The van der Waals surface area contributed by atoms with Crippen LogP contribution in [0.25, 0.3) is 0 Å². The van der Waals surface area contributed by atoms with Gasteiger partial charge in [0.1, 0.15) is 0 Å². The first-order valence-corrected chi connectivity index (χ1v) is 8.29. The molecule has 0 atom stereocenters. The molecule has 3 N–H and O–H groups in total. The monoisotopic (exact) mass is 381 g/mol. The van der Waals surface area contributed by atoms with Crippen LogP contribution in [0.1, 0.15) is 23.5 Å². The highest BCUT2D eigenvalue weighted by Crippen LogP contribution is 2.23. The Labute approximate surface area is 141 Å². The maximum atomic E-state index is 12.0. The van der Waals surface area contributed by atoms with Gasteiger partial charge in [0.25, 0.3) is 5.91 Å². The molecule has 1 aromatic heterocycles. The van der Waals surface area contributed by atoms with E-state index in [1.54, 1.807) is 30.3 Å². The molecule has 1 heterocycles. The lowest BCUT2D eigenvalue weighted by Crippen LogP contribution is -2.34. The van der Waals surface area contributed by atoms with Crippen molar-refractivity contribution in [1.29, 1.82) is 0 Å². The van der Waals surface area contributed by atoms with Crippen molar-refractivity contribution in [2.75, 3.05) is 10.6 Å². The van der Waals surface area contributed by atoms with Gasteiger partial charge in [0.2, 0.25) is 0 Å². The Morgan fingerprint density at radius 2 is 1.59 bits per heavy atom. The molecule has 0 saturated heterocycles. The van der Waals surface area contributed by atoms with Gasteiger partial charge in [0.05, 0.1) is 8.66 Å². The number of nitrogens with one attached hydrogen (secondary N) is 3. The van der Waals surface area contributed by atoms with Crippen LogP contribution in [0.4, 0.5) is 16.2 Å². The van der Waals surface area contributed by atoms with Crippen LogP contribution in [0.3, 0.4) is 0 Å². The standard InChI is InChI=1S/C15H16BrN3O2S/c1-9(2)17-15(21)19-11-5-3-10(4-6-11)18-14(20)12-7-8-13(16)22-12/h3-9H,1-2H3,(H,18,20)(H2,17,19,21). The minimum atomic E-state index is -0.254. The van der Waals surface area contributed by atoms with Gasteiger partial charge in [-0.3, -0.25) is 4.79 Å². The summed E-state index contributed by atoms with van der Waals surface area (Å²) in [6.07, 6.45) is 0. The molecule has 0 saturated carbocycles.